The Morgan fingerprint density at radius 1 is 1.20 bits per heavy atom. The first-order chi connectivity index (χ1) is 7.36. The number of fused-ring (bicyclic) bond motifs is 1. The Balaban J connectivity index is 1.63. The first-order valence-corrected chi connectivity index (χ1v) is 6.71. The average molecular weight is 223 g/mol. The summed E-state index contributed by atoms with van der Waals surface area (Å²) in [7, 11) is 0. The predicted molar refractivity (Wildman–Crippen MR) is 60.9 cm³/mol. The van der Waals surface area contributed by atoms with Crippen LogP contribution in [0.15, 0.2) is 0 Å². The van der Waals surface area contributed by atoms with Crippen LogP contribution in [-0.2, 0) is 6.42 Å². The molecule has 15 heavy (non-hydrogen) atoms. The topological polar surface area (TPSA) is 51.8 Å². The summed E-state index contributed by atoms with van der Waals surface area (Å²) in [6.07, 6.45) is 6.26. The lowest BCUT2D eigenvalue weighted by Gasteiger charge is -2.05. The molecule has 0 aromatic carbocycles. The minimum Gasteiger partial charge on any atom is -0.330 e. The molecule has 3 rings (SSSR count). The van der Waals surface area contributed by atoms with Crippen LogP contribution in [0.25, 0.3) is 0 Å². The molecule has 0 radical (unpaired) electrons. The standard InChI is InChI=1S/C11H17N3S/c12-3-1-2-10-13-14-11(15-10)9-5-7-4-8(7)6-9/h7-9H,1-6,12H2. The Hall–Kier alpha value is -0.480. The fraction of sp³-hybridized carbons (Fsp3) is 0.818. The number of aromatic nitrogens is 2. The molecule has 0 saturated heterocycles. The second-order valence-electron chi connectivity index (χ2n) is 4.85. The molecule has 1 aromatic rings. The monoisotopic (exact) mass is 223 g/mol. The van der Waals surface area contributed by atoms with Gasteiger partial charge in [-0.2, -0.15) is 0 Å². The first kappa shape index (κ1) is 9.73. The molecule has 2 unspecified atom stereocenters. The zero-order valence-electron chi connectivity index (χ0n) is 8.85. The second-order valence-corrected chi connectivity index (χ2v) is 5.94. The summed E-state index contributed by atoms with van der Waals surface area (Å²) in [6, 6.07) is 0. The lowest BCUT2D eigenvalue weighted by Crippen LogP contribution is -1.99. The number of nitrogens with two attached hydrogens (primary N) is 1. The van der Waals surface area contributed by atoms with Gasteiger partial charge in [0.15, 0.2) is 0 Å². The van der Waals surface area contributed by atoms with Crippen LogP contribution in [0.5, 0.6) is 0 Å². The average Bonchev–Trinajstić information content (AvgIpc) is 2.71. The Bertz CT molecular complexity index is 339. The van der Waals surface area contributed by atoms with Crippen molar-refractivity contribution in [3.63, 3.8) is 0 Å². The molecule has 2 atom stereocenters. The Morgan fingerprint density at radius 3 is 2.73 bits per heavy atom. The van der Waals surface area contributed by atoms with Crippen molar-refractivity contribution in [3.8, 4) is 0 Å². The molecule has 0 spiro atoms. The third-order valence-corrected chi connectivity index (χ3v) is 4.82. The molecule has 2 aliphatic rings. The number of hydrogen-bond donors (Lipinski definition) is 1. The van der Waals surface area contributed by atoms with Crippen molar-refractivity contribution in [1.82, 2.24) is 10.2 Å². The number of aryl methyl sites for hydroxylation is 1. The Morgan fingerprint density at radius 2 is 2.00 bits per heavy atom. The van der Waals surface area contributed by atoms with Crippen LogP contribution < -0.4 is 5.73 Å². The van der Waals surface area contributed by atoms with Crippen LogP contribution in [0.1, 0.15) is 41.6 Å². The summed E-state index contributed by atoms with van der Waals surface area (Å²) < 4.78 is 0. The molecule has 0 aliphatic heterocycles. The van der Waals surface area contributed by atoms with Crippen LogP contribution in [0.2, 0.25) is 0 Å². The SMILES string of the molecule is NCCCc1nnc(C2CC3CC3C2)s1. The van der Waals surface area contributed by atoms with Gasteiger partial charge >= 0.3 is 0 Å². The van der Waals surface area contributed by atoms with E-state index in [1.807, 2.05) is 11.3 Å². The van der Waals surface area contributed by atoms with Gasteiger partial charge in [-0.15, -0.1) is 21.5 Å². The zero-order valence-corrected chi connectivity index (χ0v) is 9.67. The molecule has 0 bridgehead atoms. The molecule has 3 nitrogen and oxygen atoms in total. The summed E-state index contributed by atoms with van der Waals surface area (Å²) in [5, 5.41) is 11.0. The van der Waals surface area contributed by atoms with Gasteiger partial charge in [0.2, 0.25) is 0 Å². The van der Waals surface area contributed by atoms with Gasteiger partial charge in [-0.1, -0.05) is 0 Å². The highest BCUT2D eigenvalue weighted by molar-refractivity contribution is 7.11. The molecule has 1 heterocycles. The van der Waals surface area contributed by atoms with Crippen molar-refractivity contribution in [2.24, 2.45) is 17.6 Å². The van der Waals surface area contributed by atoms with E-state index in [9.17, 15) is 0 Å². The van der Waals surface area contributed by atoms with Gasteiger partial charge in [-0.25, -0.2) is 0 Å². The van der Waals surface area contributed by atoms with E-state index in [2.05, 4.69) is 10.2 Å². The summed E-state index contributed by atoms with van der Waals surface area (Å²) in [4.78, 5) is 0. The van der Waals surface area contributed by atoms with Gasteiger partial charge in [0.1, 0.15) is 10.0 Å². The first-order valence-electron chi connectivity index (χ1n) is 5.89. The van der Waals surface area contributed by atoms with Gasteiger partial charge < -0.3 is 5.73 Å². The van der Waals surface area contributed by atoms with E-state index in [1.54, 1.807) is 0 Å². The van der Waals surface area contributed by atoms with E-state index in [0.717, 1.165) is 37.1 Å². The zero-order chi connectivity index (χ0) is 10.3. The van der Waals surface area contributed by atoms with E-state index in [-0.39, 0.29) is 0 Å². The molecule has 4 heteroatoms. The third kappa shape index (κ3) is 1.93. The molecule has 2 aliphatic carbocycles. The van der Waals surface area contributed by atoms with Crippen molar-refractivity contribution in [3.05, 3.63) is 10.0 Å². The maximum atomic E-state index is 5.49. The van der Waals surface area contributed by atoms with Gasteiger partial charge in [-0.05, 0) is 44.1 Å². The van der Waals surface area contributed by atoms with Gasteiger partial charge in [-0.3, -0.25) is 0 Å². The Labute approximate surface area is 94.1 Å². The summed E-state index contributed by atoms with van der Waals surface area (Å²) in [5.74, 6) is 2.80. The predicted octanol–water partition coefficient (Wildman–Crippen LogP) is 1.94. The van der Waals surface area contributed by atoms with Crippen molar-refractivity contribution < 1.29 is 0 Å². The fourth-order valence-electron chi connectivity index (χ4n) is 2.70. The van der Waals surface area contributed by atoms with E-state index in [4.69, 9.17) is 5.73 Å². The molecule has 2 fully saturated rings. The number of hydrogen-bond acceptors (Lipinski definition) is 4. The van der Waals surface area contributed by atoms with E-state index < -0.39 is 0 Å². The van der Waals surface area contributed by atoms with Crippen LogP contribution >= 0.6 is 11.3 Å². The van der Waals surface area contributed by atoms with Crippen LogP contribution in [0.3, 0.4) is 0 Å². The van der Waals surface area contributed by atoms with Gasteiger partial charge in [0.25, 0.3) is 0 Å². The Kier molecular flexibility index (Phi) is 2.48. The lowest BCUT2D eigenvalue weighted by molar-refractivity contribution is 0.614. The normalized spacial score (nSPS) is 33.0. The highest BCUT2D eigenvalue weighted by Crippen LogP contribution is 2.57. The molecular weight excluding hydrogens is 206 g/mol. The van der Waals surface area contributed by atoms with E-state index in [1.165, 1.54) is 29.3 Å². The minimum absolute atomic E-state index is 0.734. The highest BCUT2D eigenvalue weighted by atomic mass is 32.1. The summed E-state index contributed by atoms with van der Waals surface area (Å²) in [5.41, 5.74) is 5.49. The van der Waals surface area contributed by atoms with Crippen molar-refractivity contribution in [1.29, 1.82) is 0 Å². The molecular formula is C11H17N3S. The van der Waals surface area contributed by atoms with Crippen LogP contribution in [0.4, 0.5) is 0 Å². The molecule has 2 N–H and O–H groups in total. The van der Waals surface area contributed by atoms with E-state index in [0.29, 0.717) is 0 Å². The number of rotatable bonds is 4. The smallest absolute Gasteiger partial charge is 0.120 e. The van der Waals surface area contributed by atoms with Crippen molar-refractivity contribution in [2.45, 2.75) is 38.0 Å². The maximum Gasteiger partial charge on any atom is 0.120 e. The van der Waals surface area contributed by atoms with Crippen LogP contribution in [0, 0.1) is 11.8 Å². The summed E-state index contributed by atoms with van der Waals surface area (Å²) in [6.45, 7) is 0.752. The van der Waals surface area contributed by atoms with Crippen LogP contribution in [-0.4, -0.2) is 16.7 Å². The molecule has 0 amide bonds. The third-order valence-electron chi connectivity index (χ3n) is 3.67. The molecule has 82 valence electrons. The highest BCUT2D eigenvalue weighted by Gasteiger charge is 2.47. The number of nitrogens with zero attached hydrogens (tertiary/aromatic N) is 2. The molecule has 2 saturated carbocycles. The quantitative estimate of drug-likeness (QED) is 0.848. The van der Waals surface area contributed by atoms with Crippen molar-refractivity contribution in [2.75, 3.05) is 6.54 Å². The van der Waals surface area contributed by atoms with Gasteiger partial charge in [0.05, 0.1) is 0 Å². The molecule has 1 aromatic heterocycles. The lowest BCUT2D eigenvalue weighted by atomic mass is 10.1. The largest absolute Gasteiger partial charge is 0.330 e. The van der Waals surface area contributed by atoms with Crippen molar-refractivity contribution >= 4 is 11.3 Å². The van der Waals surface area contributed by atoms with Gasteiger partial charge in [0, 0.05) is 12.3 Å². The maximum absolute atomic E-state index is 5.49. The fourth-order valence-corrected chi connectivity index (χ4v) is 3.71. The second kappa shape index (κ2) is 3.83. The minimum atomic E-state index is 0.734. The van der Waals surface area contributed by atoms with E-state index >= 15 is 0 Å². The summed E-state index contributed by atoms with van der Waals surface area (Å²) >= 11 is 1.81.